The Morgan fingerprint density at radius 1 is 1.24 bits per heavy atom. The minimum atomic E-state index is -0.0935. The molecule has 0 aliphatic carbocycles. The Morgan fingerprint density at radius 2 is 1.76 bits per heavy atom. The third kappa shape index (κ3) is 3.32. The van der Waals surface area contributed by atoms with Gasteiger partial charge in [-0.05, 0) is 20.8 Å². The van der Waals surface area contributed by atoms with Gasteiger partial charge in [-0.2, -0.15) is 0 Å². The van der Waals surface area contributed by atoms with Crippen LogP contribution >= 0.6 is 0 Å². The molecule has 0 aliphatic rings. The first-order valence-corrected chi connectivity index (χ1v) is 5.90. The molecule has 0 radical (unpaired) electrons. The first-order valence-electron chi connectivity index (χ1n) is 5.90. The first-order chi connectivity index (χ1) is 7.51. The molecule has 0 aromatic carbocycles. The lowest BCUT2D eigenvalue weighted by Gasteiger charge is -2.28. The van der Waals surface area contributed by atoms with Gasteiger partial charge in [0.05, 0.1) is 0 Å². The second-order valence-electron chi connectivity index (χ2n) is 6.42. The molecular weight excluding hydrogens is 214 g/mol. The molecule has 96 valence electrons. The summed E-state index contributed by atoms with van der Waals surface area (Å²) < 4.78 is 2.12. The highest BCUT2D eigenvalue weighted by atomic mass is 16.1. The van der Waals surface area contributed by atoms with Crippen LogP contribution in [-0.2, 0) is 15.7 Å². The number of nitrogens with one attached hydrogen (secondary N) is 1. The molecule has 0 unspecified atom stereocenters. The summed E-state index contributed by atoms with van der Waals surface area (Å²) in [7, 11) is 0. The lowest BCUT2D eigenvalue weighted by molar-refractivity contribution is -0.114. The molecule has 4 heteroatoms. The fourth-order valence-electron chi connectivity index (χ4n) is 1.66. The predicted octanol–water partition coefficient (Wildman–Crippen LogP) is 2.89. The molecule has 17 heavy (non-hydrogen) atoms. The largest absolute Gasteiger partial charge is 0.327 e. The Hall–Kier alpha value is -1.32. The number of imidazole rings is 1. The van der Waals surface area contributed by atoms with Crippen molar-refractivity contribution in [2.45, 2.75) is 59.4 Å². The van der Waals surface area contributed by atoms with E-state index in [2.05, 4.69) is 56.4 Å². The number of rotatable bonds is 1. The van der Waals surface area contributed by atoms with Crippen molar-refractivity contribution in [3.05, 3.63) is 12.0 Å². The van der Waals surface area contributed by atoms with Gasteiger partial charge in [0.2, 0.25) is 5.91 Å². The maximum absolute atomic E-state index is 11.1. The minimum absolute atomic E-state index is 0.0493. The predicted molar refractivity (Wildman–Crippen MR) is 70.2 cm³/mol. The summed E-state index contributed by atoms with van der Waals surface area (Å²) in [6, 6.07) is 0. The monoisotopic (exact) mass is 237 g/mol. The normalized spacial score (nSPS) is 12.6. The lowest BCUT2D eigenvalue weighted by atomic mass is 9.94. The molecule has 1 rings (SSSR count). The van der Waals surface area contributed by atoms with E-state index in [1.807, 2.05) is 6.20 Å². The molecule has 1 amide bonds. The number of hydrogen-bond acceptors (Lipinski definition) is 2. The summed E-state index contributed by atoms with van der Waals surface area (Å²) in [5.41, 5.74) is -0.101. The van der Waals surface area contributed by atoms with E-state index < -0.39 is 0 Å². The van der Waals surface area contributed by atoms with Gasteiger partial charge in [-0.25, -0.2) is 4.98 Å². The van der Waals surface area contributed by atoms with Crippen LogP contribution in [0.5, 0.6) is 0 Å². The van der Waals surface area contributed by atoms with E-state index in [0.29, 0.717) is 5.82 Å². The van der Waals surface area contributed by atoms with Crippen LogP contribution in [-0.4, -0.2) is 15.5 Å². The highest BCUT2D eigenvalue weighted by Crippen LogP contribution is 2.28. The summed E-state index contributed by atoms with van der Waals surface area (Å²) in [5, 5.41) is 2.74. The van der Waals surface area contributed by atoms with Gasteiger partial charge in [-0.3, -0.25) is 4.79 Å². The Morgan fingerprint density at radius 3 is 2.06 bits per heavy atom. The van der Waals surface area contributed by atoms with Gasteiger partial charge in [0.1, 0.15) is 5.82 Å². The molecule has 4 nitrogen and oxygen atoms in total. The molecular formula is C13H23N3O. The van der Waals surface area contributed by atoms with Crippen molar-refractivity contribution >= 4 is 11.7 Å². The minimum Gasteiger partial charge on any atom is -0.327 e. The molecule has 1 N–H and O–H groups in total. The smallest absolute Gasteiger partial charge is 0.222 e. The van der Waals surface area contributed by atoms with E-state index in [9.17, 15) is 4.79 Å². The molecule has 1 aromatic rings. The molecule has 0 spiro atoms. The summed E-state index contributed by atoms with van der Waals surface area (Å²) in [4.78, 5) is 15.6. The van der Waals surface area contributed by atoms with Gasteiger partial charge in [0, 0.05) is 24.1 Å². The van der Waals surface area contributed by atoms with Crippen LogP contribution in [0.2, 0.25) is 0 Å². The number of hydrogen-bond donors (Lipinski definition) is 1. The number of carbonyl (C=O) groups excluding carboxylic acids is 1. The van der Waals surface area contributed by atoms with Crippen LogP contribution < -0.4 is 5.32 Å². The van der Waals surface area contributed by atoms with Gasteiger partial charge in [-0.15, -0.1) is 0 Å². The third-order valence-electron chi connectivity index (χ3n) is 2.40. The molecule has 0 saturated carbocycles. The zero-order valence-electron chi connectivity index (χ0n) is 11.9. The fraction of sp³-hybridized carbons (Fsp3) is 0.692. The Bertz CT molecular complexity index is 387. The molecule has 0 saturated heterocycles. The molecule has 0 bridgehead atoms. The molecule has 0 aliphatic heterocycles. The second kappa shape index (κ2) is 4.17. The standard InChI is InChI=1S/C13H23N3O/c1-9(17)14-10-8-16(13(5,6)7)11(15-10)12(2,3)4/h8H,1-7H3,(H,14,17). The highest BCUT2D eigenvalue weighted by molar-refractivity contribution is 5.87. The number of aromatic nitrogens is 2. The van der Waals surface area contributed by atoms with Crippen LogP contribution in [0.15, 0.2) is 6.20 Å². The van der Waals surface area contributed by atoms with Crippen molar-refractivity contribution in [2.75, 3.05) is 5.32 Å². The maximum atomic E-state index is 11.1. The van der Waals surface area contributed by atoms with Crippen LogP contribution in [0, 0.1) is 0 Å². The van der Waals surface area contributed by atoms with Gasteiger partial charge in [0.15, 0.2) is 5.82 Å². The molecule has 0 atom stereocenters. The van der Waals surface area contributed by atoms with Crippen LogP contribution in [0.25, 0.3) is 0 Å². The van der Waals surface area contributed by atoms with Crippen LogP contribution in [0.4, 0.5) is 5.82 Å². The van der Waals surface area contributed by atoms with Crippen LogP contribution in [0.3, 0.4) is 0 Å². The number of nitrogens with zero attached hydrogens (tertiary/aromatic N) is 2. The van der Waals surface area contributed by atoms with E-state index in [-0.39, 0.29) is 16.9 Å². The van der Waals surface area contributed by atoms with Gasteiger partial charge >= 0.3 is 0 Å². The quantitative estimate of drug-likeness (QED) is 0.816. The van der Waals surface area contributed by atoms with Crippen molar-refractivity contribution in [2.24, 2.45) is 0 Å². The molecule has 0 fully saturated rings. The Labute approximate surface area is 103 Å². The zero-order valence-corrected chi connectivity index (χ0v) is 11.9. The van der Waals surface area contributed by atoms with E-state index in [1.165, 1.54) is 6.92 Å². The summed E-state index contributed by atoms with van der Waals surface area (Å²) in [6.07, 6.45) is 1.90. The van der Waals surface area contributed by atoms with Gasteiger partial charge < -0.3 is 9.88 Å². The highest BCUT2D eigenvalue weighted by Gasteiger charge is 2.27. The number of carbonyl (C=O) groups is 1. The topological polar surface area (TPSA) is 46.9 Å². The average molecular weight is 237 g/mol. The first kappa shape index (κ1) is 13.7. The average Bonchev–Trinajstić information content (AvgIpc) is 2.44. The van der Waals surface area contributed by atoms with E-state index >= 15 is 0 Å². The van der Waals surface area contributed by atoms with E-state index in [0.717, 1.165) is 5.82 Å². The summed E-state index contributed by atoms with van der Waals surface area (Å²) in [5.74, 6) is 1.51. The maximum Gasteiger partial charge on any atom is 0.222 e. The van der Waals surface area contributed by atoms with Crippen molar-refractivity contribution in [1.29, 1.82) is 0 Å². The number of anilines is 1. The summed E-state index contributed by atoms with van der Waals surface area (Å²) in [6.45, 7) is 14.2. The van der Waals surface area contributed by atoms with Crippen molar-refractivity contribution < 1.29 is 4.79 Å². The van der Waals surface area contributed by atoms with E-state index in [1.54, 1.807) is 0 Å². The number of amides is 1. The Kier molecular flexibility index (Phi) is 3.37. The van der Waals surface area contributed by atoms with Gasteiger partial charge in [-0.1, -0.05) is 20.8 Å². The zero-order chi connectivity index (χ0) is 13.4. The van der Waals surface area contributed by atoms with Crippen molar-refractivity contribution in [3.63, 3.8) is 0 Å². The molecule has 1 aromatic heterocycles. The second-order valence-corrected chi connectivity index (χ2v) is 6.42. The van der Waals surface area contributed by atoms with Gasteiger partial charge in [0.25, 0.3) is 0 Å². The fourth-order valence-corrected chi connectivity index (χ4v) is 1.66. The van der Waals surface area contributed by atoms with Crippen molar-refractivity contribution in [1.82, 2.24) is 9.55 Å². The summed E-state index contributed by atoms with van der Waals surface area (Å²) >= 11 is 0. The van der Waals surface area contributed by atoms with Crippen LogP contribution in [0.1, 0.15) is 54.3 Å². The third-order valence-corrected chi connectivity index (χ3v) is 2.40. The SMILES string of the molecule is CC(=O)Nc1cn(C(C)(C)C)c(C(C)(C)C)n1. The lowest BCUT2D eigenvalue weighted by Crippen LogP contribution is -2.29. The van der Waals surface area contributed by atoms with Crippen molar-refractivity contribution in [3.8, 4) is 0 Å². The molecule has 1 heterocycles. The Balaban J connectivity index is 3.27. The van der Waals surface area contributed by atoms with E-state index in [4.69, 9.17) is 0 Å².